The second-order valence-electron chi connectivity index (χ2n) is 7.91. The van der Waals surface area contributed by atoms with Gasteiger partial charge >= 0.3 is 12.1 Å². The maximum Gasteiger partial charge on any atom is 0.408 e. The normalized spacial score (nSPS) is 11.1. The van der Waals surface area contributed by atoms with Crippen LogP contribution in [0.25, 0.3) is 11.5 Å². The molecule has 0 aliphatic carbocycles. The van der Waals surface area contributed by atoms with Crippen LogP contribution in [0.15, 0.2) is 52.9 Å². The van der Waals surface area contributed by atoms with Gasteiger partial charge in [-0.2, -0.15) is 0 Å². The number of oxazole rings is 1. The molecule has 0 fully saturated rings. The minimum absolute atomic E-state index is 0.00736. The van der Waals surface area contributed by atoms with Gasteiger partial charge in [0.25, 0.3) is 0 Å². The third-order valence-electron chi connectivity index (χ3n) is 4.14. The fraction of sp³-hybridized carbons (Fsp3) is 0.261. The van der Waals surface area contributed by atoms with Crippen LogP contribution in [-0.4, -0.2) is 32.9 Å². The van der Waals surface area contributed by atoms with Crippen molar-refractivity contribution in [3.8, 4) is 23.0 Å². The lowest BCUT2D eigenvalue weighted by atomic mass is 10.2. The van der Waals surface area contributed by atoms with E-state index in [2.05, 4.69) is 10.3 Å². The Morgan fingerprint density at radius 1 is 1.12 bits per heavy atom. The molecular formula is C23H24N2O7. The Morgan fingerprint density at radius 2 is 1.84 bits per heavy atom. The van der Waals surface area contributed by atoms with Crippen LogP contribution < -0.4 is 10.1 Å². The number of hydrogen-bond donors (Lipinski definition) is 3. The summed E-state index contributed by atoms with van der Waals surface area (Å²) < 4.78 is 16.4. The number of alkyl carbamates (subject to hydrolysis) is 1. The number of carboxylic acid groups (broad SMARTS) is 1. The van der Waals surface area contributed by atoms with Crippen molar-refractivity contribution in [2.24, 2.45) is 0 Å². The molecule has 0 saturated carbocycles. The second-order valence-corrected chi connectivity index (χ2v) is 7.91. The molecule has 3 aromatic rings. The summed E-state index contributed by atoms with van der Waals surface area (Å²) >= 11 is 0. The van der Waals surface area contributed by atoms with Crippen LogP contribution in [0.4, 0.5) is 4.79 Å². The number of carbonyl (C=O) groups excluding carboxylic acids is 1. The highest BCUT2D eigenvalue weighted by Crippen LogP contribution is 2.33. The van der Waals surface area contributed by atoms with Crippen LogP contribution >= 0.6 is 0 Å². The molecule has 1 heterocycles. The standard InChI is InChI=1S/C23H24N2O7/c1-23(2,3)32-22(29)24-12-18-19(21(27)28)25-20(31-18)15-9-10-16(26)17(11-15)30-13-14-7-5-4-6-8-14/h4-11,26H,12-13H2,1-3H3,(H,24,29)(H,27,28). The number of aromatic hydroxyl groups is 1. The first-order chi connectivity index (χ1) is 15.1. The van der Waals surface area contributed by atoms with Gasteiger partial charge in [-0.05, 0) is 44.5 Å². The molecule has 1 amide bonds. The third kappa shape index (κ3) is 6.00. The van der Waals surface area contributed by atoms with E-state index in [1.807, 2.05) is 30.3 Å². The van der Waals surface area contributed by atoms with Gasteiger partial charge in [0.1, 0.15) is 12.2 Å². The van der Waals surface area contributed by atoms with Crippen LogP contribution in [0.1, 0.15) is 42.6 Å². The van der Waals surface area contributed by atoms with Crippen molar-refractivity contribution in [3.05, 3.63) is 65.5 Å². The molecule has 0 radical (unpaired) electrons. The monoisotopic (exact) mass is 440 g/mol. The number of benzene rings is 2. The lowest BCUT2D eigenvalue weighted by Gasteiger charge is -2.19. The summed E-state index contributed by atoms with van der Waals surface area (Å²) in [6.45, 7) is 5.14. The molecule has 9 heteroatoms. The number of aromatic nitrogens is 1. The first-order valence-corrected chi connectivity index (χ1v) is 9.82. The Balaban J connectivity index is 1.79. The number of nitrogens with zero attached hydrogens (tertiary/aromatic N) is 1. The van der Waals surface area contributed by atoms with Crippen molar-refractivity contribution < 1.29 is 33.7 Å². The number of aromatic carboxylic acids is 1. The zero-order valence-electron chi connectivity index (χ0n) is 17.9. The molecule has 3 rings (SSSR count). The lowest BCUT2D eigenvalue weighted by Crippen LogP contribution is -2.32. The van der Waals surface area contributed by atoms with Crippen molar-refractivity contribution in [3.63, 3.8) is 0 Å². The van der Waals surface area contributed by atoms with Crippen LogP contribution in [0.2, 0.25) is 0 Å². The molecule has 3 N–H and O–H groups in total. The third-order valence-corrected chi connectivity index (χ3v) is 4.14. The summed E-state index contributed by atoms with van der Waals surface area (Å²) in [5.41, 5.74) is 0.277. The van der Waals surface area contributed by atoms with E-state index < -0.39 is 17.7 Å². The zero-order chi connectivity index (χ0) is 23.3. The maximum absolute atomic E-state index is 11.9. The molecule has 0 aliphatic heterocycles. The van der Waals surface area contributed by atoms with Gasteiger partial charge in [0.2, 0.25) is 5.89 Å². The van der Waals surface area contributed by atoms with Gasteiger partial charge in [0.05, 0.1) is 6.54 Å². The smallest absolute Gasteiger partial charge is 0.408 e. The van der Waals surface area contributed by atoms with Crippen molar-refractivity contribution in [1.29, 1.82) is 0 Å². The Bertz CT molecular complexity index is 1100. The Hall–Kier alpha value is -4.01. The molecule has 1 aromatic heterocycles. The number of rotatable bonds is 7. The number of nitrogens with one attached hydrogen (secondary N) is 1. The van der Waals surface area contributed by atoms with E-state index in [0.29, 0.717) is 5.56 Å². The number of carboxylic acids is 1. The Kier molecular flexibility index (Phi) is 6.67. The van der Waals surface area contributed by atoms with Crippen molar-refractivity contribution in [1.82, 2.24) is 10.3 Å². The van der Waals surface area contributed by atoms with Gasteiger partial charge in [0, 0.05) is 5.56 Å². The summed E-state index contributed by atoms with van der Waals surface area (Å²) in [6, 6.07) is 13.8. The fourth-order valence-corrected chi connectivity index (χ4v) is 2.73. The quantitative estimate of drug-likeness (QED) is 0.494. The minimum Gasteiger partial charge on any atom is -0.504 e. The first kappa shape index (κ1) is 22.7. The molecule has 0 saturated heterocycles. The molecule has 0 bridgehead atoms. The second kappa shape index (κ2) is 9.42. The molecule has 168 valence electrons. The fourth-order valence-electron chi connectivity index (χ4n) is 2.73. The number of phenolic OH excluding ortho intramolecular Hbond substituents is 1. The predicted octanol–water partition coefficient (Wildman–Crippen LogP) is 4.35. The Labute approximate surface area is 184 Å². The molecular weight excluding hydrogens is 416 g/mol. The van der Waals surface area contributed by atoms with E-state index in [0.717, 1.165) is 5.56 Å². The van der Waals surface area contributed by atoms with E-state index in [4.69, 9.17) is 13.9 Å². The highest BCUT2D eigenvalue weighted by atomic mass is 16.6. The van der Waals surface area contributed by atoms with E-state index >= 15 is 0 Å². The van der Waals surface area contributed by atoms with Crippen molar-refractivity contribution in [2.45, 2.75) is 39.5 Å². The SMILES string of the molecule is CC(C)(C)OC(=O)NCc1oc(-c2ccc(O)c(OCc3ccccc3)c2)nc1C(=O)O. The highest BCUT2D eigenvalue weighted by Gasteiger charge is 2.23. The first-order valence-electron chi connectivity index (χ1n) is 9.82. The van der Waals surface area contributed by atoms with Crippen LogP contribution in [0.3, 0.4) is 0 Å². The summed E-state index contributed by atoms with van der Waals surface area (Å²) in [4.78, 5) is 27.5. The van der Waals surface area contributed by atoms with E-state index in [9.17, 15) is 19.8 Å². The molecule has 32 heavy (non-hydrogen) atoms. The number of carbonyl (C=O) groups is 2. The lowest BCUT2D eigenvalue weighted by molar-refractivity contribution is 0.0516. The van der Waals surface area contributed by atoms with Crippen LogP contribution in [0, 0.1) is 0 Å². The van der Waals surface area contributed by atoms with E-state index in [1.165, 1.54) is 18.2 Å². The van der Waals surface area contributed by atoms with E-state index in [1.54, 1.807) is 20.8 Å². The molecule has 0 atom stereocenters. The molecule has 9 nitrogen and oxygen atoms in total. The minimum atomic E-state index is -1.31. The average molecular weight is 440 g/mol. The van der Waals surface area contributed by atoms with Gasteiger partial charge < -0.3 is 29.4 Å². The largest absolute Gasteiger partial charge is 0.504 e. The van der Waals surface area contributed by atoms with Gasteiger partial charge in [0.15, 0.2) is 23.0 Å². The van der Waals surface area contributed by atoms with E-state index in [-0.39, 0.29) is 42.0 Å². The Morgan fingerprint density at radius 3 is 2.50 bits per heavy atom. The summed E-state index contributed by atoms with van der Waals surface area (Å²) in [5, 5.41) is 22.0. The zero-order valence-corrected chi connectivity index (χ0v) is 17.9. The summed E-state index contributed by atoms with van der Waals surface area (Å²) in [6.07, 6.45) is -0.715. The summed E-state index contributed by atoms with van der Waals surface area (Å²) in [5.74, 6) is -1.23. The van der Waals surface area contributed by atoms with Crippen molar-refractivity contribution >= 4 is 12.1 Å². The number of ether oxygens (including phenoxy) is 2. The number of hydrogen-bond acceptors (Lipinski definition) is 7. The van der Waals surface area contributed by atoms with Gasteiger partial charge in [-0.3, -0.25) is 0 Å². The summed E-state index contributed by atoms with van der Waals surface area (Å²) in [7, 11) is 0. The average Bonchev–Trinajstić information content (AvgIpc) is 3.16. The topological polar surface area (TPSA) is 131 Å². The van der Waals surface area contributed by atoms with Gasteiger partial charge in [-0.25, -0.2) is 14.6 Å². The molecule has 2 aromatic carbocycles. The molecule has 0 spiro atoms. The predicted molar refractivity (Wildman–Crippen MR) is 114 cm³/mol. The molecule has 0 aliphatic rings. The van der Waals surface area contributed by atoms with Crippen molar-refractivity contribution in [2.75, 3.05) is 0 Å². The van der Waals surface area contributed by atoms with Crippen LogP contribution in [0.5, 0.6) is 11.5 Å². The molecule has 0 unspecified atom stereocenters. The number of phenols is 1. The van der Waals surface area contributed by atoms with Gasteiger partial charge in [-0.1, -0.05) is 30.3 Å². The highest BCUT2D eigenvalue weighted by molar-refractivity contribution is 5.87. The van der Waals surface area contributed by atoms with Gasteiger partial charge in [-0.15, -0.1) is 0 Å². The number of amides is 1. The maximum atomic E-state index is 11.9. The van der Waals surface area contributed by atoms with Crippen LogP contribution in [-0.2, 0) is 17.9 Å².